The van der Waals surface area contributed by atoms with E-state index in [9.17, 15) is 9.59 Å². The Hall–Kier alpha value is -4.71. The minimum atomic E-state index is -0.962. The Morgan fingerprint density at radius 1 is 1.15 bits per heavy atom. The molecule has 0 bridgehead atoms. The van der Waals surface area contributed by atoms with E-state index in [4.69, 9.17) is 20.9 Å². The normalized spacial score (nSPS) is 13.8. The predicted octanol–water partition coefficient (Wildman–Crippen LogP) is 3.05. The summed E-state index contributed by atoms with van der Waals surface area (Å²) >= 11 is 6.77. The molecule has 3 aromatic heterocycles. The van der Waals surface area contributed by atoms with Gasteiger partial charge in [-0.3, -0.25) is 9.59 Å². The molecule has 2 N–H and O–H groups in total. The van der Waals surface area contributed by atoms with E-state index in [2.05, 4.69) is 31.2 Å². The van der Waals surface area contributed by atoms with Crippen molar-refractivity contribution in [2.75, 3.05) is 7.11 Å². The van der Waals surface area contributed by atoms with E-state index < -0.39 is 11.4 Å². The van der Waals surface area contributed by atoms with Crippen LogP contribution in [-0.4, -0.2) is 54.4 Å². The number of aryl methyl sites for hydroxylation is 1. The van der Waals surface area contributed by atoms with Gasteiger partial charge >= 0.3 is 0 Å². The molecule has 0 unspecified atom stereocenters. The third-order valence-corrected chi connectivity index (χ3v) is 7.02. The van der Waals surface area contributed by atoms with E-state index in [1.807, 2.05) is 53.1 Å². The quantitative estimate of drug-likeness (QED) is 0.302. The molecule has 1 aliphatic carbocycles. The fourth-order valence-electron chi connectivity index (χ4n) is 4.43. The van der Waals surface area contributed by atoms with Gasteiger partial charge in [0, 0.05) is 17.6 Å². The molecular weight excluding hydrogens is 524 g/mol. The summed E-state index contributed by atoms with van der Waals surface area (Å²) in [6.07, 6.45) is 1.07. The lowest BCUT2D eigenvalue weighted by molar-refractivity contribution is -0.124. The standard InChI is InChI=1S/C26H23ClN8O4/c1-34-31-23(30-33-34)22-21(27)17-5-3-4-6-18(17)35(22)16-9-7-15(8-10-16)14-28-25(37)26(11-12-26)29-24(36)19-13-20(38-2)32-39-19/h3-10,13H,11-12,14H2,1-2H3,(H,28,37)(H,29,36). The number of carbonyl (C=O) groups is 2. The van der Waals surface area contributed by atoms with Crippen LogP contribution in [-0.2, 0) is 18.4 Å². The van der Waals surface area contributed by atoms with Crippen molar-refractivity contribution in [2.24, 2.45) is 7.05 Å². The highest BCUT2D eigenvalue weighted by Crippen LogP contribution is 2.38. The van der Waals surface area contributed by atoms with Crippen molar-refractivity contribution in [3.8, 4) is 23.1 Å². The summed E-state index contributed by atoms with van der Waals surface area (Å²) in [6, 6.07) is 16.9. The van der Waals surface area contributed by atoms with Crippen LogP contribution in [0.5, 0.6) is 5.88 Å². The number of nitrogens with one attached hydrogen (secondary N) is 2. The first-order valence-electron chi connectivity index (χ1n) is 12.1. The van der Waals surface area contributed by atoms with E-state index in [0.29, 0.717) is 35.9 Å². The lowest BCUT2D eigenvalue weighted by atomic mass is 10.1. The molecule has 0 spiro atoms. The Kier molecular flexibility index (Phi) is 6.03. The lowest BCUT2D eigenvalue weighted by Gasteiger charge is -2.16. The Morgan fingerprint density at radius 2 is 1.92 bits per heavy atom. The van der Waals surface area contributed by atoms with Crippen LogP contribution in [0.3, 0.4) is 0 Å². The van der Waals surface area contributed by atoms with Gasteiger partial charge in [0.2, 0.25) is 17.5 Å². The average Bonchev–Trinajstić information content (AvgIpc) is 3.26. The van der Waals surface area contributed by atoms with Gasteiger partial charge in [-0.1, -0.05) is 41.9 Å². The van der Waals surface area contributed by atoms with E-state index in [1.165, 1.54) is 18.0 Å². The smallest absolute Gasteiger partial charge is 0.290 e. The zero-order chi connectivity index (χ0) is 27.1. The van der Waals surface area contributed by atoms with Gasteiger partial charge in [0.25, 0.3) is 11.8 Å². The van der Waals surface area contributed by atoms with Gasteiger partial charge in [0.05, 0.1) is 30.8 Å². The van der Waals surface area contributed by atoms with Gasteiger partial charge in [-0.15, -0.1) is 10.2 Å². The van der Waals surface area contributed by atoms with E-state index in [0.717, 1.165) is 22.2 Å². The van der Waals surface area contributed by atoms with E-state index in [-0.39, 0.29) is 17.5 Å². The molecule has 2 amide bonds. The molecule has 0 aliphatic heterocycles. The number of hydrogen-bond acceptors (Lipinski definition) is 8. The molecule has 1 saturated carbocycles. The van der Waals surface area contributed by atoms with Crippen LogP contribution < -0.4 is 15.4 Å². The van der Waals surface area contributed by atoms with Gasteiger partial charge in [-0.25, -0.2) is 0 Å². The number of hydrogen-bond donors (Lipinski definition) is 2. The summed E-state index contributed by atoms with van der Waals surface area (Å²) in [7, 11) is 3.12. The van der Waals surface area contributed by atoms with Crippen LogP contribution in [0.4, 0.5) is 0 Å². The summed E-state index contributed by atoms with van der Waals surface area (Å²) in [5.41, 5.74) is 2.32. The minimum Gasteiger partial charge on any atom is -0.479 e. The number of amides is 2. The molecule has 0 radical (unpaired) electrons. The summed E-state index contributed by atoms with van der Waals surface area (Å²) < 4.78 is 11.9. The molecule has 5 aromatic rings. The lowest BCUT2D eigenvalue weighted by Crippen LogP contribution is -2.48. The number of carbonyl (C=O) groups excluding carboxylic acids is 2. The molecule has 13 heteroatoms. The van der Waals surface area contributed by atoms with Crippen molar-refractivity contribution in [3.63, 3.8) is 0 Å². The molecule has 6 rings (SSSR count). The number of halogens is 1. The first-order valence-corrected chi connectivity index (χ1v) is 12.5. The monoisotopic (exact) mass is 546 g/mol. The van der Waals surface area contributed by atoms with Gasteiger partial charge < -0.3 is 24.5 Å². The van der Waals surface area contributed by atoms with Crippen molar-refractivity contribution in [1.82, 2.24) is 40.6 Å². The number of rotatable bonds is 8. The van der Waals surface area contributed by atoms with Crippen molar-refractivity contribution >= 4 is 34.3 Å². The summed E-state index contributed by atoms with van der Waals surface area (Å²) in [5, 5.41) is 23.2. The zero-order valence-electron chi connectivity index (χ0n) is 21.0. The fraction of sp³-hybridized carbons (Fsp3) is 0.231. The highest BCUT2D eigenvalue weighted by atomic mass is 35.5. The Labute approximate surface area is 226 Å². The van der Waals surface area contributed by atoms with Crippen molar-refractivity contribution in [3.05, 3.63) is 70.9 Å². The second-order valence-electron chi connectivity index (χ2n) is 9.24. The van der Waals surface area contributed by atoms with Crippen molar-refractivity contribution < 1.29 is 18.8 Å². The number of tetrazole rings is 1. The molecule has 1 aliphatic rings. The molecular formula is C26H23ClN8O4. The summed E-state index contributed by atoms with van der Waals surface area (Å²) in [5.74, 6) is -0.196. The second kappa shape index (κ2) is 9.55. The Bertz CT molecular complexity index is 1700. The number of aromatic nitrogens is 6. The van der Waals surface area contributed by atoms with Gasteiger partial charge in [-0.05, 0) is 47.0 Å². The average molecular weight is 547 g/mol. The first-order chi connectivity index (χ1) is 18.9. The number of benzene rings is 2. The van der Waals surface area contributed by atoms with Gasteiger partial charge in [0.15, 0.2) is 0 Å². The summed E-state index contributed by atoms with van der Waals surface area (Å²) in [6.45, 7) is 0.290. The van der Waals surface area contributed by atoms with Crippen LogP contribution in [0.25, 0.3) is 28.1 Å². The molecule has 39 heavy (non-hydrogen) atoms. The van der Waals surface area contributed by atoms with Crippen LogP contribution in [0, 0.1) is 0 Å². The molecule has 3 heterocycles. The predicted molar refractivity (Wildman–Crippen MR) is 140 cm³/mol. The minimum absolute atomic E-state index is 0.0183. The third-order valence-electron chi connectivity index (χ3n) is 6.64. The topological polar surface area (TPSA) is 142 Å². The molecule has 2 aromatic carbocycles. The van der Waals surface area contributed by atoms with Crippen LogP contribution in [0.15, 0.2) is 59.1 Å². The number of para-hydroxylation sites is 1. The van der Waals surface area contributed by atoms with E-state index >= 15 is 0 Å². The van der Waals surface area contributed by atoms with Crippen molar-refractivity contribution in [1.29, 1.82) is 0 Å². The summed E-state index contributed by atoms with van der Waals surface area (Å²) in [4.78, 5) is 26.8. The Balaban J connectivity index is 1.19. The SMILES string of the molecule is COc1cc(C(=O)NC2(C(=O)NCc3ccc(-n4c(-c5nnn(C)n5)c(Cl)c5ccccc54)cc3)CC2)on1. The third kappa shape index (κ3) is 4.48. The second-order valence-corrected chi connectivity index (χ2v) is 9.61. The highest BCUT2D eigenvalue weighted by Gasteiger charge is 2.51. The molecule has 12 nitrogen and oxygen atoms in total. The fourth-order valence-corrected chi connectivity index (χ4v) is 4.76. The van der Waals surface area contributed by atoms with Crippen molar-refractivity contribution in [2.45, 2.75) is 24.9 Å². The van der Waals surface area contributed by atoms with Crippen LogP contribution in [0.2, 0.25) is 5.02 Å². The van der Waals surface area contributed by atoms with Crippen LogP contribution in [0.1, 0.15) is 29.0 Å². The number of ether oxygens (including phenoxy) is 1. The maximum absolute atomic E-state index is 12.9. The Morgan fingerprint density at radius 3 is 2.59 bits per heavy atom. The zero-order valence-corrected chi connectivity index (χ0v) is 21.8. The number of methoxy groups -OCH3 is 1. The maximum Gasteiger partial charge on any atom is 0.290 e. The number of nitrogens with zero attached hydrogens (tertiary/aromatic N) is 6. The highest BCUT2D eigenvalue weighted by molar-refractivity contribution is 6.38. The van der Waals surface area contributed by atoms with Crippen LogP contribution >= 0.6 is 11.6 Å². The van der Waals surface area contributed by atoms with E-state index in [1.54, 1.807) is 7.05 Å². The first kappa shape index (κ1) is 24.6. The molecule has 1 fully saturated rings. The largest absolute Gasteiger partial charge is 0.479 e. The number of fused-ring (bicyclic) bond motifs is 1. The van der Waals surface area contributed by atoms with Gasteiger partial charge in [0.1, 0.15) is 11.2 Å². The maximum atomic E-state index is 12.9. The van der Waals surface area contributed by atoms with Gasteiger partial charge in [-0.2, -0.15) is 4.80 Å². The molecule has 0 saturated heterocycles. The molecule has 0 atom stereocenters. The molecule has 198 valence electrons.